The van der Waals surface area contributed by atoms with Crippen molar-refractivity contribution in [3.05, 3.63) is 127 Å². The summed E-state index contributed by atoms with van der Waals surface area (Å²) >= 11 is 0. The van der Waals surface area contributed by atoms with Crippen molar-refractivity contribution >= 4 is 5.97 Å². The number of nitrogens with zero attached hydrogens (tertiary/aromatic N) is 1. The zero-order valence-electron chi connectivity index (χ0n) is 23.5. The monoisotopic (exact) mass is 557 g/mol. The summed E-state index contributed by atoms with van der Waals surface area (Å²) in [6, 6.07) is 17.6. The second-order valence-electron chi connectivity index (χ2n) is 9.50. The van der Waals surface area contributed by atoms with Gasteiger partial charge >= 0.3 is 5.97 Å². The molecule has 0 aliphatic rings. The average Bonchev–Trinajstić information content (AvgIpc) is 2.96. The van der Waals surface area contributed by atoms with E-state index in [4.69, 9.17) is 14.7 Å². The fourth-order valence-electron chi connectivity index (χ4n) is 3.83. The normalized spacial score (nSPS) is 11.1. The van der Waals surface area contributed by atoms with Crippen molar-refractivity contribution in [2.75, 3.05) is 6.61 Å². The van der Waals surface area contributed by atoms with E-state index in [1.165, 1.54) is 6.08 Å². The second-order valence-corrected chi connectivity index (χ2v) is 9.50. The highest BCUT2D eigenvalue weighted by atomic mass is 19.1. The third kappa shape index (κ3) is 12.9. The molecule has 2 rings (SSSR count). The molecule has 2 aromatic rings. The zero-order chi connectivity index (χ0) is 30.0. The number of unbranched alkanes of at least 4 members (excludes halogenated alkanes) is 6. The van der Waals surface area contributed by atoms with Gasteiger partial charge in [0.15, 0.2) is 0 Å². The van der Waals surface area contributed by atoms with Crippen LogP contribution in [0.25, 0.3) is 11.1 Å². The summed E-state index contributed by atoms with van der Waals surface area (Å²) in [7, 11) is 0. The minimum Gasteiger partial charge on any atom is -0.494 e. The van der Waals surface area contributed by atoms with Crippen LogP contribution in [0, 0.1) is 11.3 Å². The summed E-state index contributed by atoms with van der Waals surface area (Å²) in [5.74, 6) is -1.23. The van der Waals surface area contributed by atoms with Crippen molar-refractivity contribution in [2.45, 2.75) is 51.4 Å². The van der Waals surface area contributed by atoms with Crippen LogP contribution < -0.4 is 4.74 Å². The standard InChI is InChI=1S/C35H37F2NO3/c1-26(13-14-27(2)36)29(4)34(37)24-28(3)41-35(39)12-10-8-6-5-7-9-11-23-40-33-21-19-32(20-22-33)31-17-15-30(25-38)16-18-31/h13-22,24H,1-12,23H2. The molecule has 0 atom stereocenters. The van der Waals surface area contributed by atoms with E-state index >= 15 is 0 Å². The Hall–Kier alpha value is -4.50. The summed E-state index contributed by atoms with van der Waals surface area (Å²) in [5, 5.41) is 8.92. The van der Waals surface area contributed by atoms with Gasteiger partial charge in [0.1, 0.15) is 23.2 Å². The number of allylic oxidation sites excluding steroid dienone is 7. The molecule has 0 saturated heterocycles. The minimum atomic E-state index is -0.773. The third-order valence-electron chi connectivity index (χ3n) is 6.17. The lowest BCUT2D eigenvalue weighted by molar-refractivity contribution is -0.139. The van der Waals surface area contributed by atoms with Crippen LogP contribution >= 0.6 is 0 Å². The van der Waals surface area contributed by atoms with Gasteiger partial charge in [-0.3, -0.25) is 4.79 Å². The molecule has 4 nitrogen and oxygen atoms in total. The quantitative estimate of drug-likeness (QED) is 0.0792. The minimum absolute atomic E-state index is 0.0685. The molecule has 0 N–H and O–H groups in total. The fraction of sp³-hybridized carbons (Fsp3) is 0.257. The first-order valence-corrected chi connectivity index (χ1v) is 13.6. The fourth-order valence-corrected chi connectivity index (χ4v) is 3.83. The summed E-state index contributed by atoms with van der Waals surface area (Å²) in [4.78, 5) is 12.0. The van der Waals surface area contributed by atoms with Crippen LogP contribution in [0.3, 0.4) is 0 Å². The molecule has 0 unspecified atom stereocenters. The van der Waals surface area contributed by atoms with Gasteiger partial charge in [-0.05, 0) is 59.9 Å². The third-order valence-corrected chi connectivity index (χ3v) is 6.17. The molecule has 0 radical (unpaired) electrons. The maximum Gasteiger partial charge on any atom is 0.311 e. The predicted molar refractivity (Wildman–Crippen MR) is 161 cm³/mol. The van der Waals surface area contributed by atoms with E-state index in [0.29, 0.717) is 18.6 Å². The van der Waals surface area contributed by atoms with Crippen LogP contribution in [0.2, 0.25) is 0 Å². The van der Waals surface area contributed by atoms with Crippen LogP contribution in [0.15, 0.2) is 122 Å². The van der Waals surface area contributed by atoms with Crippen LogP contribution in [0.4, 0.5) is 8.78 Å². The number of carbonyl (C=O) groups excluding carboxylic acids is 1. The molecule has 0 heterocycles. The number of hydrogen-bond donors (Lipinski definition) is 0. The number of ether oxygens (including phenoxy) is 2. The van der Waals surface area contributed by atoms with Gasteiger partial charge < -0.3 is 9.47 Å². The zero-order valence-corrected chi connectivity index (χ0v) is 23.5. The molecular weight excluding hydrogens is 520 g/mol. The van der Waals surface area contributed by atoms with Crippen LogP contribution in [0.1, 0.15) is 56.9 Å². The van der Waals surface area contributed by atoms with Crippen molar-refractivity contribution in [1.29, 1.82) is 5.26 Å². The van der Waals surface area contributed by atoms with Crippen molar-refractivity contribution in [2.24, 2.45) is 0 Å². The van der Waals surface area contributed by atoms with Gasteiger partial charge in [-0.2, -0.15) is 5.26 Å². The highest BCUT2D eigenvalue weighted by Gasteiger charge is 2.09. The van der Waals surface area contributed by atoms with Gasteiger partial charge in [-0.15, -0.1) is 0 Å². The highest BCUT2D eigenvalue weighted by Crippen LogP contribution is 2.23. The Morgan fingerprint density at radius 1 is 0.805 bits per heavy atom. The average molecular weight is 558 g/mol. The molecule has 41 heavy (non-hydrogen) atoms. The highest BCUT2D eigenvalue weighted by molar-refractivity contribution is 5.71. The number of hydrogen-bond acceptors (Lipinski definition) is 4. The Bertz CT molecular complexity index is 1310. The Morgan fingerprint density at radius 3 is 1.95 bits per heavy atom. The second kappa shape index (κ2) is 18.0. The van der Waals surface area contributed by atoms with Crippen LogP contribution in [0.5, 0.6) is 5.75 Å². The molecule has 0 spiro atoms. The van der Waals surface area contributed by atoms with E-state index < -0.39 is 17.6 Å². The lowest BCUT2D eigenvalue weighted by Gasteiger charge is -2.08. The summed E-state index contributed by atoms with van der Waals surface area (Å²) in [6.07, 6.45) is 10.3. The molecule has 214 valence electrons. The lowest BCUT2D eigenvalue weighted by Crippen LogP contribution is -2.03. The Kier molecular flexibility index (Phi) is 14.3. The molecular formula is C35H37F2NO3. The van der Waals surface area contributed by atoms with Crippen molar-refractivity contribution in [3.8, 4) is 22.9 Å². The van der Waals surface area contributed by atoms with E-state index in [-0.39, 0.29) is 23.3 Å². The molecule has 0 aromatic heterocycles. The first kappa shape index (κ1) is 32.7. The van der Waals surface area contributed by atoms with Gasteiger partial charge in [0.25, 0.3) is 0 Å². The maximum atomic E-state index is 14.2. The molecule has 0 fully saturated rings. The van der Waals surface area contributed by atoms with E-state index in [9.17, 15) is 13.6 Å². The van der Waals surface area contributed by atoms with E-state index in [0.717, 1.165) is 67.6 Å². The number of halogens is 2. The van der Waals surface area contributed by atoms with Crippen molar-refractivity contribution < 1.29 is 23.0 Å². The van der Waals surface area contributed by atoms with Crippen LogP contribution in [-0.2, 0) is 9.53 Å². The largest absolute Gasteiger partial charge is 0.494 e. The summed E-state index contributed by atoms with van der Waals surface area (Å²) in [5.41, 5.74) is 2.87. The Morgan fingerprint density at radius 2 is 1.37 bits per heavy atom. The van der Waals surface area contributed by atoms with Gasteiger partial charge in [0.2, 0.25) is 0 Å². The maximum absolute atomic E-state index is 14.2. The topological polar surface area (TPSA) is 59.3 Å². The number of nitriles is 1. The smallest absolute Gasteiger partial charge is 0.311 e. The van der Waals surface area contributed by atoms with Gasteiger partial charge in [0, 0.05) is 18.1 Å². The number of esters is 1. The molecule has 6 heteroatoms. The Balaban J connectivity index is 1.52. The van der Waals surface area contributed by atoms with E-state index in [1.54, 1.807) is 0 Å². The van der Waals surface area contributed by atoms with Crippen LogP contribution in [-0.4, -0.2) is 12.6 Å². The molecule has 0 bridgehead atoms. The summed E-state index contributed by atoms with van der Waals surface area (Å²) in [6.45, 7) is 14.4. The summed E-state index contributed by atoms with van der Waals surface area (Å²) < 4.78 is 37.8. The number of rotatable bonds is 18. The number of carbonyl (C=O) groups is 1. The molecule has 0 aliphatic carbocycles. The first-order valence-electron chi connectivity index (χ1n) is 13.6. The van der Waals surface area contributed by atoms with Crippen molar-refractivity contribution in [1.82, 2.24) is 0 Å². The number of benzene rings is 2. The molecule has 0 aliphatic heterocycles. The van der Waals surface area contributed by atoms with Gasteiger partial charge in [-0.25, -0.2) is 8.78 Å². The lowest BCUT2D eigenvalue weighted by atomic mass is 10.0. The first-order chi connectivity index (χ1) is 19.7. The van der Waals surface area contributed by atoms with E-state index in [2.05, 4.69) is 32.4 Å². The molecule has 2 aromatic carbocycles. The van der Waals surface area contributed by atoms with Gasteiger partial charge in [0.05, 0.1) is 18.2 Å². The van der Waals surface area contributed by atoms with Crippen molar-refractivity contribution in [3.63, 3.8) is 0 Å². The molecule has 0 amide bonds. The molecule has 0 saturated carbocycles. The predicted octanol–water partition coefficient (Wildman–Crippen LogP) is 9.79. The van der Waals surface area contributed by atoms with Gasteiger partial charge in [-0.1, -0.05) is 88.8 Å². The Labute approximate surface area is 242 Å². The van der Waals surface area contributed by atoms with E-state index in [1.807, 2.05) is 48.5 Å². The SMILES string of the molecule is C=C(F)C=CC(=C)C(=C)C(F)=CC(=C)OC(=O)CCCCCCCCCOc1ccc(-c2ccc(C#N)cc2)cc1.